The molecular formula is C9H10ClN3O2. The van der Waals surface area contributed by atoms with Crippen LogP contribution >= 0.6 is 11.6 Å². The monoisotopic (exact) mass is 227 g/mol. The summed E-state index contributed by atoms with van der Waals surface area (Å²) in [5.41, 5.74) is 2.23. The number of benzene rings is 1. The van der Waals surface area contributed by atoms with Crippen LogP contribution < -0.4 is 10.8 Å². The molecule has 0 saturated carbocycles. The molecule has 5 nitrogen and oxygen atoms in total. The Morgan fingerprint density at radius 2 is 2.00 bits per heavy atom. The molecule has 1 amide bonds. The fourth-order valence-electron chi connectivity index (χ4n) is 0.890. The molecule has 0 bridgehead atoms. The molecule has 1 aromatic carbocycles. The third kappa shape index (κ3) is 3.23. The van der Waals surface area contributed by atoms with E-state index < -0.39 is 5.91 Å². The molecule has 0 aliphatic rings. The van der Waals surface area contributed by atoms with Crippen molar-refractivity contribution in [3.05, 3.63) is 29.3 Å². The average molecular weight is 228 g/mol. The lowest BCUT2D eigenvalue weighted by Gasteiger charge is -2.02. The minimum Gasteiger partial charge on any atom is -0.352 e. The SMILES string of the molecule is CNC(=O)C(=Nc1ccc(Cl)cc1)NO. The van der Waals surface area contributed by atoms with Crippen molar-refractivity contribution in [2.24, 2.45) is 4.99 Å². The summed E-state index contributed by atoms with van der Waals surface area (Å²) in [7, 11) is 1.44. The number of nitrogens with zero attached hydrogens (tertiary/aromatic N) is 1. The number of hydroxylamine groups is 1. The van der Waals surface area contributed by atoms with Crippen LogP contribution in [0.15, 0.2) is 29.3 Å². The second-order valence-electron chi connectivity index (χ2n) is 2.63. The summed E-state index contributed by atoms with van der Waals surface area (Å²) >= 11 is 5.68. The van der Waals surface area contributed by atoms with Crippen LogP contribution in [0.2, 0.25) is 5.02 Å². The summed E-state index contributed by atoms with van der Waals surface area (Å²) in [5, 5.41) is 11.6. The maximum Gasteiger partial charge on any atom is 0.288 e. The average Bonchev–Trinajstić information content (AvgIpc) is 2.27. The minimum atomic E-state index is -0.507. The number of rotatable bonds is 1. The topological polar surface area (TPSA) is 73.7 Å². The molecule has 0 saturated heterocycles. The predicted molar refractivity (Wildman–Crippen MR) is 57.5 cm³/mol. The number of aliphatic imine (C=N–C) groups is 1. The van der Waals surface area contributed by atoms with Crippen LogP contribution in [0.1, 0.15) is 0 Å². The molecule has 80 valence electrons. The highest BCUT2D eigenvalue weighted by atomic mass is 35.5. The van der Waals surface area contributed by atoms with Crippen molar-refractivity contribution in [1.29, 1.82) is 0 Å². The largest absolute Gasteiger partial charge is 0.352 e. The Bertz CT molecular complexity index is 375. The zero-order chi connectivity index (χ0) is 11.3. The smallest absolute Gasteiger partial charge is 0.288 e. The number of carbonyl (C=O) groups is 1. The number of amidine groups is 1. The van der Waals surface area contributed by atoms with Crippen LogP contribution in [-0.2, 0) is 4.79 Å². The van der Waals surface area contributed by atoms with E-state index in [1.54, 1.807) is 29.7 Å². The van der Waals surface area contributed by atoms with Gasteiger partial charge in [0.1, 0.15) is 0 Å². The number of nitrogens with one attached hydrogen (secondary N) is 2. The summed E-state index contributed by atoms with van der Waals surface area (Å²) in [5.74, 6) is -0.688. The lowest BCUT2D eigenvalue weighted by Crippen LogP contribution is -2.36. The third-order valence-electron chi connectivity index (χ3n) is 1.62. The Morgan fingerprint density at radius 3 is 2.47 bits per heavy atom. The molecule has 0 atom stereocenters. The summed E-state index contributed by atoms with van der Waals surface area (Å²) in [6.07, 6.45) is 0. The maximum atomic E-state index is 11.1. The van der Waals surface area contributed by atoms with Crippen molar-refractivity contribution in [1.82, 2.24) is 10.8 Å². The van der Waals surface area contributed by atoms with Gasteiger partial charge < -0.3 is 5.32 Å². The van der Waals surface area contributed by atoms with Crippen molar-refractivity contribution >= 4 is 29.0 Å². The van der Waals surface area contributed by atoms with Crippen molar-refractivity contribution in [3.8, 4) is 0 Å². The van der Waals surface area contributed by atoms with Gasteiger partial charge in [0, 0.05) is 12.1 Å². The van der Waals surface area contributed by atoms with Crippen molar-refractivity contribution < 1.29 is 10.0 Å². The normalized spacial score (nSPS) is 11.0. The van der Waals surface area contributed by atoms with Gasteiger partial charge >= 0.3 is 0 Å². The first-order valence-electron chi connectivity index (χ1n) is 4.14. The van der Waals surface area contributed by atoms with Gasteiger partial charge in [-0.2, -0.15) is 0 Å². The van der Waals surface area contributed by atoms with E-state index in [2.05, 4.69) is 10.3 Å². The lowest BCUT2D eigenvalue weighted by molar-refractivity contribution is -0.114. The number of amides is 1. The molecule has 15 heavy (non-hydrogen) atoms. The summed E-state index contributed by atoms with van der Waals surface area (Å²) in [6.45, 7) is 0. The first-order chi connectivity index (χ1) is 7.17. The van der Waals surface area contributed by atoms with Gasteiger partial charge in [-0.3, -0.25) is 10.0 Å². The van der Waals surface area contributed by atoms with Gasteiger partial charge in [0.2, 0.25) is 5.84 Å². The zero-order valence-corrected chi connectivity index (χ0v) is 8.75. The molecule has 1 aromatic rings. The Hall–Kier alpha value is -1.59. The number of hydrogen-bond donors (Lipinski definition) is 3. The van der Waals surface area contributed by atoms with Crippen LogP contribution in [-0.4, -0.2) is 24.0 Å². The Morgan fingerprint density at radius 1 is 1.40 bits per heavy atom. The van der Waals surface area contributed by atoms with E-state index >= 15 is 0 Å². The summed E-state index contributed by atoms with van der Waals surface area (Å²) in [6, 6.07) is 6.53. The molecule has 0 heterocycles. The first kappa shape index (κ1) is 11.5. The molecule has 0 unspecified atom stereocenters. The number of hydrogen-bond acceptors (Lipinski definition) is 3. The van der Waals surface area contributed by atoms with E-state index in [0.717, 1.165) is 0 Å². The van der Waals surface area contributed by atoms with Crippen molar-refractivity contribution in [2.45, 2.75) is 0 Å². The van der Waals surface area contributed by atoms with Crippen molar-refractivity contribution in [3.63, 3.8) is 0 Å². The van der Waals surface area contributed by atoms with Gasteiger partial charge in [-0.25, -0.2) is 10.5 Å². The Labute approximate surface area is 91.7 Å². The van der Waals surface area contributed by atoms with Gasteiger partial charge in [0.15, 0.2) is 0 Å². The molecule has 0 aromatic heterocycles. The standard InChI is InChI=1S/C9H10ClN3O2/c1-11-9(14)8(13-15)12-7-4-2-6(10)3-5-7/h2-5,15H,1H3,(H,11,14)(H,12,13). The van der Waals surface area contributed by atoms with Crippen LogP contribution in [0.3, 0.4) is 0 Å². The first-order valence-corrected chi connectivity index (χ1v) is 4.51. The molecule has 0 aliphatic heterocycles. The fraction of sp³-hybridized carbons (Fsp3) is 0.111. The Kier molecular flexibility index (Phi) is 4.08. The van der Waals surface area contributed by atoms with E-state index in [1.165, 1.54) is 7.05 Å². The van der Waals surface area contributed by atoms with E-state index in [-0.39, 0.29) is 5.84 Å². The lowest BCUT2D eigenvalue weighted by atomic mass is 10.3. The highest BCUT2D eigenvalue weighted by Crippen LogP contribution is 2.15. The molecule has 0 aliphatic carbocycles. The highest BCUT2D eigenvalue weighted by Gasteiger charge is 2.07. The molecule has 0 fully saturated rings. The molecule has 6 heteroatoms. The van der Waals surface area contributed by atoms with Gasteiger partial charge in [0.25, 0.3) is 5.91 Å². The predicted octanol–water partition coefficient (Wildman–Crippen LogP) is 1.09. The number of halogens is 1. The molecular weight excluding hydrogens is 218 g/mol. The van der Waals surface area contributed by atoms with Gasteiger partial charge in [0.05, 0.1) is 5.69 Å². The maximum absolute atomic E-state index is 11.1. The third-order valence-corrected chi connectivity index (χ3v) is 1.87. The molecule has 0 spiro atoms. The van der Waals surface area contributed by atoms with Crippen molar-refractivity contribution in [2.75, 3.05) is 7.05 Å². The molecule has 1 rings (SSSR count). The van der Waals surface area contributed by atoms with Crippen LogP contribution in [0, 0.1) is 0 Å². The van der Waals surface area contributed by atoms with E-state index in [9.17, 15) is 4.79 Å². The Balaban J connectivity index is 2.93. The van der Waals surface area contributed by atoms with Gasteiger partial charge in [-0.15, -0.1) is 0 Å². The van der Waals surface area contributed by atoms with E-state index in [4.69, 9.17) is 16.8 Å². The fourth-order valence-corrected chi connectivity index (χ4v) is 1.02. The van der Waals surface area contributed by atoms with Crippen LogP contribution in [0.4, 0.5) is 5.69 Å². The van der Waals surface area contributed by atoms with Gasteiger partial charge in [-0.1, -0.05) is 11.6 Å². The van der Waals surface area contributed by atoms with Gasteiger partial charge in [-0.05, 0) is 24.3 Å². The van der Waals surface area contributed by atoms with E-state index in [0.29, 0.717) is 10.7 Å². The number of likely N-dealkylation sites (N-methyl/N-ethyl adjacent to an activating group) is 1. The molecule has 0 radical (unpaired) electrons. The van der Waals surface area contributed by atoms with E-state index in [1.807, 2.05) is 0 Å². The second-order valence-corrected chi connectivity index (χ2v) is 3.06. The summed E-state index contributed by atoms with van der Waals surface area (Å²) in [4.78, 5) is 15.0. The minimum absolute atomic E-state index is 0.181. The quantitative estimate of drug-likeness (QED) is 0.382. The highest BCUT2D eigenvalue weighted by molar-refractivity contribution is 6.37. The van der Waals surface area contributed by atoms with Crippen LogP contribution in [0.25, 0.3) is 0 Å². The van der Waals surface area contributed by atoms with Crippen LogP contribution in [0.5, 0.6) is 0 Å². The number of carbonyl (C=O) groups excluding carboxylic acids is 1. The second kappa shape index (κ2) is 5.33. The summed E-state index contributed by atoms with van der Waals surface area (Å²) < 4.78 is 0. The molecule has 3 N–H and O–H groups in total. The zero-order valence-electron chi connectivity index (χ0n) is 7.99.